The van der Waals surface area contributed by atoms with Crippen molar-refractivity contribution in [3.63, 3.8) is 0 Å². The van der Waals surface area contributed by atoms with Gasteiger partial charge >= 0.3 is 6.09 Å². The van der Waals surface area contributed by atoms with Crippen LogP contribution in [0, 0.1) is 5.82 Å². The summed E-state index contributed by atoms with van der Waals surface area (Å²) < 4.78 is 19.0. The molecule has 4 nitrogen and oxygen atoms in total. The molecule has 0 radical (unpaired) electrons. The van der Waals surface area contributed by atoms with Gasteiger partial charge in [-0.3, -0.25) is 4.90 Å². The fraction of sp³-hybridized carbons (Fsp3) is 0.562. The van der Waals surface area contributed by atoms with Gasteiger partial charge in [-0.2, -0.15) is 0 Å². The Morgan fingerprint density at radius 3 is 2.38 bits per heavy atom. The van der Waals surface area contributed by atoms with Crippen molar-refractivity contribution in [3.8, 4) is 0 Å². The molecular formula is C16H23FN2O2. The lowest BCUT2D eigenvalue weighted by atomic mass is 10.2. The molecule has 116 valence electrons. The molecule has 21 heavy (non-hydrogen) atoms. The van der Waals surface area contributed by atoms with Crippen LogP contribution in [0.2, 0.25) is 0 Å². The van der Waals surface area contributed by atoms with E-state index in [0.29, 0.717) is 25.2 Å². The first-order valence-corrected chi connectivity index (χ1v) is 7.29. The van der Waals surface area contributed by atoms with E-state index in [-0.39, 0.29) is 11.9 Å². The minimum Gasteiger partial charge on any atom is -0.444 e. The Morgan fingerprint density at radius 1 is 1.19 bits per heavy atom. The van der Waals surface area contributed by atoms with Gasteiger partial charge in [0.1, 0.15) is 11.4 Å². The highest BCUT2D eigenvalue weighted by atomic mass is 19.1. The van der Waals surface area contributed by atoms with Crippen molar-refractivity contribution in [1.82, 2.24) is 9.80 Å². The molecule has 5 heteroatoms. The maximum Gasteiger partial charge on any atom is 0.410 e. The number of amides is 1. The quantitative estimate of drug-likeness (QED) is 0.841. The van der Waals surface area contributed by atoms with Gasteiger partial charge in [0.2, 0.25) is 0 Å². The number of ether oxygens (including phenoxy) is 1. The van der Waals surface area contributed by atoms with Gasteiger partial charge in [0.05, 0.1) is 0 Å². The van der Waals surface area contributed by atoms with E-state index in [2.05, 4.69) is 4.90 Å². The standard InChI is InChI=1S/C16H23FN2O2/c1-16(2,3)21-15(20)19-10-8-18(9-11-19)12-13-6-4-5-7-14(13)17/h4-7H,8-12H2,1-3H3. The Bertz CT molecular complexity index is 491. The van der Waals surface area contributed by atoms with E-state index in [0.717, 1.165) is 13.1 Å². The molecule has 0 unspecified atom stereocenters. The van der Waals surface area contributed by atoms with Crippen molar-refractivity contribution >= 4 is 6.09 Å². The smallest absolute Gasteiger partial charge is 0.410 e. The maximum atomic E-state index is 13.6. The predicted molar refractivity (Wildman–Crippen MR) is 79.5 cm³/mol. The summed E-state index contributed by atoms with van der Waals surface area (Å²) in [5, 5.41) is 0. The summed E-state index contributed by atoms with van der Waals surface area (Å²) in [6.07, 6.45) is -0.270. The molecule has 1 aliphatic heterocycles. The molecule has 1 aromatic rings. The van der Waals surface area contributed by atoms with E-state index in [9.17, 15) is 9.18 Å². The molecular weight excluding hydrogens is 271 g/mol. The minimum absolute atomic E-state index is 0.174. The zero-order valence-corrected chi connectivity index (χ0v) is 12.9. The summed E-state index contributed by atoms with van der Waals surface area (Å²) in [4.78, 5) is 15.8. The van der Waals surface area contributed by atoms with E-state index < -0.39 is 5.60 Å². The topological polar surface area (TPSA) is 32.8 Å². The van der Waals surface area contributed by atoms with E-state index in [1.165, 1.54) is 6.07 Å². The monoisotopic (exact) mass is 294 g/mol. The first-order chi connectivity index (χ1) is 9.85. The van der Waals surface area contributed by atoms with Gasteiger partial charge in [0, 0.05) is 38.3 Å². The number of benzene rings is 1. The van der Waals surface area contributed by atoms with Crippen LogP contribution in [0.4, 0.5) is 9.18 Å². The third-order valence-corrected chi connectivity index (χ3v) is 3.38. The van der Waals surface area contributed by atoms with Gasteiger partial charge in [-0.1, -0.05) is 18.2 Å². The normalized spacial score (nSPS) is 16.9. The van der Waals surface area contributed by atoms with Gasteiger partial charge in [-0.15, -0.1) is 0 Å². The third kappa shape index (κ3) is 4.70. The molecule has 1 fully saturated rings. The first kappa shape index (κ1) is 15.8. The van der Waals surface area contributed by atoms with E-state index in [4.69, 9.17) is 4.74 Å². The van der Waals surface area contributed by atoms with Crippen molar-refractivity contribution in [3.05, 3.63) is 35.6 Å². The molecule has 0 saturated carbocycles. The molecule has 0 aliphatic carbocycles. The molecule has 1 heterocycles. The second-order valence-electron chi connectivity index (χ2n) is 6.33. The van der Waals surface area contributed by atoms with Crippen molar-refractivity contribution in [2.75, 3.05) is 26.2 Å². The highest BCUT2D eigenvalue weighted by molar-refractivity contribution is 5.68. The molecule has 1 aromatic carbocycles. The summed E-state index contributed by atoms with van der Waals surface area (Å²) in [6.45, 7) is 8.85. The van der Waals surface area contributed by atoms with Crippen LogP contribution in [-0.4, -0.2) is 47.7 Å². The minimum atomic E-state index is -0.471. The van der Waals surface area contributed by atoms with Gasteiger partial charge in [0.15, 0.2) is 0 Å². The Hall–Kier alpha value is -1.62. The van der Waals surface area contributed by atoms with Crippen LogP contribution in [-0.2, 0) is 11.3 Å². The van der Waals surface area contributed by atoms with E-state index >= 15 is 0 Å². The van der Waals surface area contributed by atoms with Gasteiger partial charge in [-0.25, -0.2) is 9.18 Å². The molecule has 1 aliphatic rings. The second-order valence-corrected chi connectivity index (χ2v) is 6.33. The number of carbonyl (C=O) groups is 1. The molecule has 0 N–H and O–H groups in total. The van der Waals surface area contributed by atoms with Crippen LogP contribution < -0.4 is 0 Å². The average Bonchev–Trinajstić information content (AvgIpc) is 2.40. The summed E-state index contributed by atoms with van der Waals surface area (Å²) in [7, 11) is 0. The highest BCUT2D eigenvalue weighted by Crippen LogP contribution is 2.14. The number of hydrogen-bond acceptors (Lipinski definition) is 3. The number of hydrogen-bond donors (Lipinski definition) is 0. The Balaban J connectivity index is 1.83. The summed E-state index contributed by atoms with van der Waals surface area (Å²) in [6, 6.07) is 6.82. The lowest BCUT2D eigenvalue weighted by Crippen LogP contribution is -2.49. The molecule has 0 aromatic heterocycles. The van der Waals surface area contributed by atoms with Crippen molar-refractivity contribution < 1.29 is 13.9 Å². The van der Waals surface area contributed by atoms with Crippen molar-refractivity contribution in [2.24, 2.45) is 0 Å². The van der Waals surface area contributed by atoms with Gasteiger partial charge in [-0.05, 0) is 26.8 Å². The average molecular weight is 294 g/mol. The fourth-order valence-corrected chi connectivity index (χ4v) is 2.28. The number of rotatable bonds is 2. The molecule has 1 saturated heterocycles. The van der Waals surface area contributed by atoms with Crippen LogP contribution in [0.15, 0.2) is 24.3 Å². The van der Waals surface area contributed by atoms with E-state index in [1.54, 1.807) is 17.0 Å². The number of halogens is 1. The van der Waals surface area contributed by atoms with Crippen LogP contribution in [0.5, 0.6) is 0 Å². The van der Waals surface area contributed by atoms with Crippen molar-refractivity contribution in [1.29, 1.82) is 0 Å². The lowest BCUT2D eigenvalue weighted by Gasteiger charge is -2.35. The van der Waals surface area contributed by atoms with Crippen LogP contribution in [0.25, 0.3) is 0 Å². The summed E-state index contributed by atoms with van der Waals surface area (Å²) in [5.41, 5.74) is 0.227. The largest absolute Gasteiger partial charge is 0.444 e. The second kappa shape index (κ2) is 6.43. The maximum absolute atomic E-state index is 13.6. The summed E-state index contributed by atoms with van der Waals surface area (Å²) >= 11 is 0. The molecule has 0 atom stereocenters. The fourth-order valence-electron chi connectivity index (χ4n) is 2.28. The molecule has 1 amide bonds. The van der Waals surface area contributed by atoms with E-state index in [1.807, 2.05) is 26.8 Å². The summed E-state index contributed by atoms with van der Waals surface area (Å²) in [5.74, 6) is -0.174. The zero-order valence-electron chi connectivity index (χ0n) is 12.9. The van der Waals surface area contributed by atoms with Gasteiger partial charge < -0.3 is 9.64 Å². The Kier molecular flexibility index (Phi) is 4.83. The molecule has 0 bridgehead atoms. The van der Waals surface area contributed by atoms with Crippen LogP contribution >= 0.6 is 0 Å². The number of piperazine rings is 1. The zero-order chi connectivity index (χ0) is 15.5. The molecule has 0 spiro atoms. The first-order valence-electron chi connectivity index (χ1n) is 7.29. The highest BCUT2D eigenvalue weighted by Gasteiger charge is 2.25. The predicted octanol–water partition coefficient (Wildman–Crippen LogP) is 2.88. The number of nitrogens with zero attached hydrogens (tertiary/aromatic N) is 2. The van der Waals surface area contributed by atoms with Crippen molar-refractivity contribution in [2.45, 2.75) is 32.9 Å². The van der Waals surface area contributed by atoms with Crippen LogP contribution in [0.1, 0.15) is 26.3 Å². The lowest BCUT2D eigenvalue weighted by molar-refractivity contribution is 0.0138. The third-order valence-electron chi connectivity index (χ3n) is 3.38. The number of carbonyl (C=O) groups excluding carboxylic acids is 1. The SMILES string of the molecule is CC(C)(C)OC(=O)N1CCN(Cc2ccccc2F)CC1. The van der Waals surface area contributed by atoms with Gasteiger partial charge in [0.25, 0.3) is 0 Å². The van der Waals surface area contributed by atoms with Crippen LogP contribution in [0.3, 0.4) is 0 Å². The Labute approximate surface area is 125 Å². The molecule has 2 rings (SSSR count). The Morgan fingerprint density at radius 2 is 1.81 bits per heavy atom.